The summed E-state index contributed by atoms with van der Waals surface area (Å²) in [7, 11) is 0. The molecule has 1 aliphatic rings. The van der Waals surface area contributed by atoms with E-state index in [9.17, 15) is 14.7 Å². The van der Waals surface area contributed by atoms with E-state index in [-0.39, 0.29) is 5.91 Å². The summed E-state index contributed by atoms with van der Waals surface area (Å²) in [6.07, 6.45) is 1.72. The lowest BCUT2D eigenvalue weighted by atomic mass is 9.95. The number of likely N-dealkylation sites (tertiary alicyclic amines) is 1. The zero-order chi connectivity index (χ0) is 20.2. The van der Waals surface area contributed by atoms with Crippen LogP contribution in [0, 0.1) is 11.8 Å². The molecule has 2 atom stereocenters. The van der Waals surface area contributed by atoms with Crippen LogP contribution in [0.3, 0.4) is 0 Å². The van der Waals surface area contributed by atoms with Crippen LogP contribution >= 0.6 is 11.3 Å². The number of carbonyl (C=O) groups is 2. The van der Waals surface area contributed by atoms with Gasteiger partial charge in [-0.15, -0.1) is 0 Å². The molecule has 2 heterocycles. The van der Waals surface area contributed by atoms with Crippen molar-refractivity contribution >= 4 is 28.3 Å². The van der Waals surface area contributed by atoms with E-state index in [1.165, 1.54) is 11.3 Å². The fraction of sp³-hybridized carbons (Fsp3) is 0.227. The topological polar surface area (TPSA) is 82.5 Å². The molecule has 0 aliphatic carbocycles. The first-order valence-corrected chi connectivity index (χ1v) is 10.2. The highest BCUT2D eigenvalue weighted by molar-refractivity contribution is 7.19. The Morgan fingerprint density at radius 2 is 1.69 bits per heavy atom. The third kappa shape index (κ3) is 4.52. The van der Waals surface area contributed by atoms with Crippen LogP contribution in [0.25, 0.3) is 10.4 Å². The van der Waals surface area contributed by atoms with E-state index >= 15 is 0 Å². The molecule has 6 nitrogen and oxygen atoms in total. The van der Waals surface area contributed by atoms with Gasteiger partial charge >= 0.3 is 5.97 Å². The number of aliphatic carboxylic acids is 1. The van der Waals surface area contributed by atoms with Crippen molar-refractivity contribution in [2.24, 2.45) is 11.8 Å². The smallest absolute Gasteiger partial charge is 0.308 e. The highest BCUT2D eigenvalue weighted by Crippen LogP contribution is 2.31. The van der Waals surface area contributed by atoms with Gasteiger partial charge in [0.05, 0.1) is 16.7 Å². The molecule has 7 heteroatoms. The van der Waals surface area contributed by atoms with Crippen LogP contribution in [0.15, 0.2) is 66.9 Å². The molecule has 29 heavy (non-hydrogen) atoms. The maximum atomic E-state index is 12.8. The third-order valence-electron chi connectivity index (χ3n) is 5.09. The second kappa shape index (κ2) is 8.55. The number of thiazole rings is 1. The van der Waals surface area contributed by atoms with Gasteiger partial charge in [-0.3, -0.25) is 14.5 Å². The number of hydrogen-bond acceptors (Lipinski definition) is 5. The molecule has 2 aromatic carbocycles. The van der Waals surface area contributed by atoms with E-state index in [4.69, 9.17) is 0 Å². The van der Waals surface area contributed by atoms with Gasteiger partial charge in [-0.05, 0) is 11.1 Å². The second-order valence-electron chi connectivity index (χ2n) is 7.12. The van der Waals surface area contributed by atoms with E-state index < -0.39 is 17.8 Å². The minimum Gasteiger partial charge on any atom is -0.481 e. The average molecular weight is 407 g/mol. The molecule has 2 unspecified atom stereocenters. The monoisotopic (exact) mass is 407 g/mol. The highest BCUT2D eigenvalue weighted by Gasteiger charge is 2.42. The lowest BCUT2D eigenvalue weighted by Crippen LogP contribution is -2.32. The van der Waals surface area contributed by atoms with Crippen molar-refractivity contribution in [1.82, 2.24) is 9.88 Å². The van der Waals surface area contributed by atoms with Crippen LogP contribution in [0.1, 0.15) is 5.56 Å². The largest absolute Gasteiger partial charge is 0.481 e. The first kappa shape index (κ1) is 19.3. The fourth-order valence-corrected chi connectivity index (χ4v) is 4.46. The number of carboxylic acid groups (broad SMARTS) is 1. The Kier molecular flexibility index (Phi) is 5.69. The first-order chi connectivity index (χ1) is 14.1. The van der Waals surface area contributed by atoms with Crippen molar-refractivity contribution in [3.05, 3.63) is 72.4 Å². The van der Waals surface area contributed by atoms with Crippen molar-refractivity contribution in [3.8, 4) is 10.4 Å². The Morgan fingerprint density at radius 1 is 1.03 bits per heavy atom. The Labute approximate surface area is 172 Å². The summed E-state index contributed by atoms with van der Waals surface area (Å²) in [5, 5.41) is 12.9. The van der Waals surface area contributed by atoms with Gasteiger partial charge < -0.3 is 10.4 Å². The molecule has 0 radical (unpaired) electrons. The molecular weight excluding hydrogens is 386 g/mol. The highest BCUT2D eigenvalue weighted by atomic mass is 32.1. The maximum absolute atomic E-state index is 12.8. The predicted octanol–water partition coefficient (Wildman–Crippen LogP) is 3.58. The Hall–Kier alpha value is -3.03. The molecule has 4 rings (SSSR count). The fourth-order valence-electron chi connectivity index (χ4n) is 3.64. The molecule has 0 bridgehead atoms. The SMILES string of the molecule is O=C(O)C1CN(Cc2ccccc2)CC1C(=O)Nc1ncc(-c2ccccc2)s1. The van der Waals surface area contributed by atoms with Crippen LogP contribution in [-0.4, -0.2) is 40.0 Å². The second-order valence-corrected chi connectivity index (χ2v) is 8.15. The molecule has 2 N–H and O–H groups in total. The molecule has 1 fully saturated rings. The number of rotatable bonds is 6. The van der Waals surface area contributed by atoms with Crippen molar-refractivity contribution in [3.63, 3.8) is 0 Å². The summed E-state index contributed by atoms with van der Waals surface area (Å²) in [6, 6.07) is 19.7. The number of nitrogens with zero attached hydrogens (tertiary/aromatic N) is 2. The van der Waals surface area contributed by atoms with Gasteiger partial charge in [0, 0.05) is 25.8 Å². The molecule has 1 amide bonds. The summed E-state index contributed by atoms with van der Waals surface area (Å²) < 4.78 is 0. The summed E-state index contributed by atoms with van der Waals surface area (Å²) in [6.45, 7) is 1.40. The van der Waals surface area contributed by atoms with E-state index in [0.717, 1.165) is 16.0 Å². The van der Waals surface area contributed by atoms with Gasteiger partial charge in [-0.25, -0.2) is 4.98 Å². The summed E-state index contributed by atoms with van der Waals surface area (Å²) in [4.78, 5) is 31.8. The number of carbonyl (C=O) groups excluding carboxylic acids is 1. The van der Waals surface area contributed by atoms with Crippen molar-refractivity contribution in [2.45, 2.75) is 6.54 Å². The molecular formula is C22H21N3O3S. The molecule has 1 saturated heterocycles. The molecule has 3 aromatic rings. The van der Waals surface area contributed by atoms with Gasteiger partial charge in [-0.1, -0.05) is 72.0 Å². The number of aromatic nitrogens is 1. The number of amides is 1. The normalized spacial score (nSPS) is 19.2. The molecule has 148 valence electrons. The van der Waals surface area contributed by atoms with Gasteiger partial charge in [0.1, 0.15) is 0 Å². The van der Waals surface area contributed by atoms with Crippen molar-refractivity contribution < 1.29 is 14.7 Å². The van der Waals surface area contributed by atoms with Crippen molar-refractivity contribution in [2.75, 3.05) is 18.4 Å². The van der Waals surface area contributed by atoms with E-state index in [1.807, 2.05) is 65.6 Å². The molecule has 0 saturated carbocycles. The van der Waals surface area contributed by atoms with Crippen LogP contribution < -0.4 is 5.32 Å². The molecule has 0 spiro atoms. The lowest BCUT2D eigenvalue weighted by Gasteiger charge is -2.15. The summed E-state index contributed by atoms with van der Waals surface area (Å²) in [5.41, 5.74) is 2.13. The predicted molar refractivity (Wildman–Crippen MR) is 113 cm³/mol. The number of carboxylic acids is 1. The number of hydrogen-bond donors (Lipinski definition) is 2. The summed E-state index contributed by atoms with van der Waals surface area (Å²) >= 11 is 1.38. The van der Waals surface area contributed by atoms with Crippen LogP contribution in [-0.2, 0) is 16.1 Å². The Bertz CT molecular complexity index is 991. The molecule has 1 aliphatic heterocycles. The van der Waals surface area contributed by atoms with Crippen molar-refractivity contribution in [1.29, 1.82) is 0 Å². The Balaban J connectivity index is 1.44. The zero-order valence-electron chi connectivity index (χ0n) is 15.7. The van der Waals surface area contributed by atoms with E-state index in [0.29, 0.717) is 24.8 Å². The quantitative estimate of drug-likeness (QED) is 0.653. The zero-order valence-corrected chi connectivity index (χ0v) is 16.5. The van der Waals surface area contributed by atoms with E-state index in [1.54, 1.807) is 6.20 Å². The minimum atomic E-state index is -0.940. The number of nitrogens with one attached hydrogen (secondary N) is 1. The first-order valence-electron chi connectivity index (χ1n) is 9.41. The van der Waals surface area contributed by atoms with Crippen LogP contribution in [0.4, 0.5) is 5.13 Å². The standard InChI is InChI=1S/C22H21N3O3S/c26-20(24-22-23-11-19(29-22)16-9-5-2-6-10-16)17-13-25(14-18(17)21(27)28)12-15-7-3-1-4-8-15/h1-11,17-18H,12-14H2,(H,27,28)(H,23,24,26). The third-order valence-corrected chi connectivity index (χ3v) is 6.05. The van der Waals surface area contributed by atoms with Crippen LogP contribution in [0.5, 0.6) is 0 Å². The summed E-state index contributed by atoms with van der Waals surface area (Å²) in [5.74, 6) is -2.57. The average Bonchev–Trinajstić information content (AvgIpc) is 3.37. The van der Waals surface area contributed by atoms with Crippen LogP contribution in [0.2, 0.25) is 0 Å². The van der Waals surface area contributed by atoms with Gasteiger partial charge in [-0.2, -0.15) is 0 Å². The van der Waals surface area contributed by atoms with Gasteiger partial charge in [0.15, 0.2) is 5.13 Å². The molecule has 1 aromatic heterocycles. The number of benzene rings is 2. The maximum Gasteiger partial charge on any atom is 0.308 e. The number of anilines is 1. The van der Waals surface area contributed by atoms with E-state index in [2.05, 4.69) is 10.3 Å². The van der Waals surface area contributed by atoms with Gasteiger partial charge in [0.25, 0.3) is 0 Å². The lowest BCUT2D eigenvalue weighted by molar-refractivity contribution is -0.144. The van der Waals surface area contributed by atoms with Gasteiger partial charge in [0.2, 0.25) is 5.91 Å². The Morgan fingerprint density at radius 3 is 2.38 bits per heavy atom. The minimum absolute atomic E-state index is 0.290.